The summed E-state index contributed by atoms with van der Waals surface area (Å²) >= 11 is 2.57. The first-order valence-electron chi connectivity index (χ1n) is 8.01. The van der Waals surface area contributed by atoms with E-state index >= 15 is 0 Å². The highest BCUT2D eigenvalue weighted by Crippen LogP contribution is 2.36. The molecule has 3 aromatic rings. The topological polar surface area (TPSA) is 106 Å². The van der Waals surface area contributed by atoms with Gasteiger partial charge in [-0.25, -0.2) is 9.78 Å². The normalized spacial score (nSPS) is 10.3. The van der Waals surface area contributed by atoms with Gasteiger partial charge in [-0.3, -0.25) is 10.1 Å². The molecule has 0 saturated carbocycles. The molecule has 7 nitrogen and oxygen atoms in total. The first-order chi connectivity index (χ1) is 13.5. The zero-order valence-electron chi connectivity index (χ0n) is 14.6. The molecule has 0 bridgehead atoms. The van der Waals surface area contributed by atoms with Crippen molar-refractivity contribution in [1.82, 2.24) is 4.98 Å². The van der Waals surface area contributed by atoms with Gasteiger partial charge in [0.05, 0.1) is 27.0 Å². The molecule has 0 aliphatic carbocycles. The summed E-state index contributed by atoms with van der Waals surface area (Å²) in [5, 5.41) is 22.4. The number of aryl methyl sites for hydroxylation is 1. The average Bonchev–Trinajstić information content (AvgIpc) is 3.11. The van der Waals surface area contributed by atoms with E-state index < -0.39 is 10.9 Å². The van der Waals surface area contributed by atoms with Crippen molar-refractivity contribution in [2.24, 2.45) is 0 Å². The molecule has 0 amide bonds. The molecule has 3 rings (SSSR count). The molecule has 140 valence electrons. The van der Waals surface area contributed by atoms with Crippen LogP contribution >= 0.6 is 23.1 Å². The maximum absolute atomic E-state index is 12.3. The van der Waals surface area contributed by atoms with Crippen LogP contribution in [0.15, 0.2) is 57.1 Å². The van der Waals surface area contributed by atoms with Gasteiger partial charge in [-0.2, -0.15) is 5.26 Å². The van der Waals surface area contributed by atoms with Crippen molar-refractivity contribution in [2.45, 2.75) is 22.8 Å². The highest BCUT2D eigenvalue weighted by atomic mass is 32.2. The number of nitro groups is 1. The number of esters is 1. The van der Waals surface area contributed by atoms with Crippen molar-refractivity contribution in [2.75, 3.05) is 0 Å². The van der Waals surface area contributed by atoms with Gasteiger partial charge in [0.1, 0.15) is 6.61 Å². The van der Waals surface area contributed by atoms with Crippen molar-refractivity contribution in [3.8, 4) is 6.07 Å². The third kappa shape index (κ3) is 4.54. The van der Waals surface area contributed by atoms with Gasteiger partial charge in [-0.05, 0) is 25.1 Å². The Balaban J connectivity index is 1.78. The first-order valence-corrected chi connectivity index (χ1v) is 9.71. The van der Waals surface area contributed by atoms with Crippen LogP contribution in [-0.4, -0.2) is 15.9 Å². The second-order valence-electron chi connectivity index (χ2n) is 5.64. The summed E-state index contributed by atoms with van der Waals surface area (Å²) in [5.74, 6) is -0.697. The smallest absolute Gasteiger partial charge is 0.338 e. The number of rotatable bonds is 6. The standard InChI is InChI=1S/C19H13N3O4S2/c1-12-11-27-19(21-12)28-17-7-6-13(8-16(17)22(24)25)18(23)26-10-15-5-3-2-4-14(15)9-20/h2-8,11H,10H2,1H3. The van der Waals surface area contributed by atoms with Crippen LogP contribution in [0.5, 0.6) is 0 Å². The Kier molecular flexibility index (Phi) is 6.03. The Morgan fingerprint density at radius 1 is 1.36 bits per heavy atom. The van der Waals surface area contributed by atoms with Gasteiger partial charge >= 0.3 is 5.97 Å². The zero-order chi connectivity index (χ0) is 20.1. The largest absolute Gasteiger partial charge is 0.457 e. The number of nitrogens with zero attached hydrogens (tertiary/aromatic N) is 3. The third-order valence-electron chi connectivity index (χ3n) is 3.68. The van der Waals surface area contributed by atoms with Crippen molar-refractivity contribution in [3.05, 3.63) is 80.3 Å². The summed E-state index contributed by atoms with van der Waals surface area (Å²) in [5.41, 5.74) is 1.70. The van der Waals surface area contributed by atoms with Gasteiger partial charge in [-0.1, -0.05) is 30.0 Å². The highest BCUT2D eigenvalue weighted by Gasteiger charge is 2.20. The van der Waals surface area contributed by atoms with Gasteiger partial charge in [-0.15, -0.1) is 11.3 Å². The fourth-order valence-corrected chi connectivity index (χ4v) is 4.21. The lowest BCUT2D eigenvalue weighted by atomic mass is 10.1. The maximum Gasteiger partial charge on any atom is 0.338 e. The average molecular weight is 411 g/mol. The number of thiazole rings is 1. The van der Waals surface area contributed by atoms with Crippen molar-refractivity contribution in [1.29, 1.82) is 5.26 Å². The van der Waals surface area contributed by atoms with Crippen LogP contribution in [0.25, 0.3) is 0 Å². The number of hydrogen-bond acceptors (Lipinski definition) is 8. The molecule has 0 fully saturated rings. The Bertz CT molecular complexity index is 1090. The van der Waals surface area contributed by atoms with E-state index in [0.717, 1.165) is 5.69 Å². The molecule has 0 N–H and O–H groups in total. The molecule has 0 unspecified atom stereocenters. The minimum absolute atomic E-state index is 0.0702. The quantitative estimate of drug-likeness (QED) is 0.327. The Morgan fingerprint density at radius 3 is 2.82 bits per heavy atom. The molecule has 0 radical (unpaired) electrons. The molecule has 1 aromatic heterocycles. The number of ether oxygens (including phenoxy) is 1. The summed E-state index contributed by atoms with van der Waals surface area (Å²) in [7, 11) is 0. The second-order valence-corrected chi connectivity index (χ2v) is 7.79. The van der Waals surface area contributed by atoms with Gasteiger partial charge < -0.3 is 4.74 Å². The monoisotopic (exact) mass is 411 g/mol. The van der Waals surface area contributed by atoms with Crippen LogP contribution < -0.4 is 0 Å². The van der Waals surface area contributed by atoms with Gasteiger partial charge in [0.15, 0.2) is 4.34 Å². The lowest BCUT2D eigenvalue weighted by Crippen LogP contribution is -2.07. The molecule has 0 saturated heterocycles. The van der Waals surface area contributed by atoms with E-state index in [1.807, 2.05) is 18.4 Å². The summed E-state index contributed by atoms with van der Waals surface area (Å²) in [6.07, 6.45) is 0. The fraction of sp³-hybridized carbons (Fsp3) is 0.105. The highest BCUT2D eigenvalue weighted by molar-refractivity contribution is 8.01. The molecule has 28 heavy (non-hydrogen) atoms. The molecule has 2 aromatic carbocycles. The number of benzene rings is 2. The molecular weight excluding hydrogens is 398 g/mol. The van der Waals surface area contributed by atoms with Crippen molar-refractivity contribution >= 4 is 34.8 Å². The molecular formula is C19H13N3O4S2. The summed E-state index contributed by atoms with van der Waals surface area (Å²) in [4.78, 5) is 27.9. The molecule has 0 atom stereocenters. The molecule has 1 heterocycles. The number of carbonyl (C=O) groups excluding carboxylic acids is 1. The minimum atomic E-state index is -0.697. The van der Waals surface area contributed by atoms with E-state index in [-0.39, 0.29) is 17.9 Å². The zero-order valence-corrected chi connectivity index (χ0v) is 16.3. The van der Waals surface area contributed by atoms with Crippen LogP contribution in [-0.2, 0) is 11.3 Å². The summed E-state index contributed by atoms with van der Waals surface area (Å²) < 4.78 is 5.91. The van der Waals surface area contributed by atoms with Gasteiger partial charge in [0.2, 0.25) is 0 Å². The minimum Gasteiger partial charge on any atom is -0.457 e. The maximum atomic E-state index is 12.3. The number of hydrogen-bond donors (Lipinski definition) is 0. The van der Waals surface area contributed by atoms with E-state index in [4.69, 9.17) is 10.00 Å². The van der Waals surface area contributed by atoms with Crippen LogP contribution in [0.3, 0.4) is 0 Å². The molecule has 0 spiro atoms. The SMILES string of the molecule is Cc1csc(Sc2ccc(C(=O)OCc3ccccc3C#N)cc2[N+](=O)[O-])n1. The fourth-order valence-electron chi connectivity index (χ4n) is 2.33. The molecule has 9 heteroatoms. The Hall–Kier alpha value is -3.22. The van der Waals surface area contributed by atoms with E-state index in [9.17, 15) is 14.9 Å². The lowest BCUT2D eigenvalue weighted by molar-refractivity contribution is -0.387. The van der Waals surface area contributed by atoms with Crippen LogP contribution in [0.4, 0.5) is 5.69 Å². The number of aromatic nitrogens is 1. The third-order valence-corrected chi connectivity index (χ3v) is 5.80. The van der Waals surface area contributed by atoms with Crippen LogP contribution in [0.1, 0.15) is 27.2 Å². The van der Waals surface area contributed by atoms with E-state index in [1.165, 1.54) is 41.3 Å². The van der Waals surface area contributed by atoms with Crippen molar-refractivity contribution in [3.63, 3.8) is 0 Å². The summed E-state index contributed by atoms with van der Waals surface area (Å²) in [6, 6.07) is 13.0. The Morgan fingerprint density at radius 2 is 2.14 bits per heavy atom. The van der Waals surface area contributed by atoms with E-state index in [2.05, 4.69) is 4.98 Å². The first kappa shape index (κ1) is 19.5. The van der Waals surface area contributed by atoms with Crippen LogP contribution in [0, 0.1) is 28.4 Å². The van der Waals surface area contributed by atoms with Gasteiger partial charge in [0, 0.05) is 22.7 Å². The van der Waals surface area contributed by atoms with E-state index in [0.29, 0.717) is 20.4 Å². The molecule has 0 aliphatic heterocycles. The predicted octanol–water partition coefficient (Wildman–Crippen LogP) is 4.74. The van der Waals surface area contributed by atoms with Crippen molar-refractivity contribution < 1.29 is 14.5 Å². The Labute approximate surface area is 168 Å². The number of nitro benzene ring substituents is 1. The van der Waals surface area contributed by atoms with Gasteiger partial charge in [0.25, 0.3) is 5.69 Å². The van der Waals surface area contributed by atoms with Crippen LogP contribution in [0.2, 0.25) is 0 Å². The summed E-state index contributed by atoms with van der Waals surface area (Å²) in [6.45, 7) is 1.75. The number of nitriles is 1. The predicted molar refractivity (Wildman–Crippen MR) is 104 cm³/mol. The lowest BCUT2D eigenvalue weighted by Gasteiger charge is -2.07. The number of carbonyl (C=O) groups is 1. The van der Waals surface area contributed by atoms with E-state index in [1.54, 1.807) is 24.3 Å². The molecule has 0 aliphatic rings. The second kappa shape index (κ2) is 8.65.